The summed E-state index contributed by atoms with van der Waals surface area (Å²) in [7, 11) is 1.81. The fourth-order valence-electron chi connectivity index (χ4n) is 2.83. The van der Waals surface area contributed by atoms with Gasteiger partial charge < -0.3 is 10.6 Å². The van der Waals surface area contributed by atoms with Crippen LogP contribution in [0.1, 0.15) is 48.1 Å². The van der Waals surface area contributed by atoms with Gasteiger partial charge in [-0.25, -0.2) is 0 Å². The largest absolute Gasteiger partial charge is 0.340 e. The summed E-state index contributed by atoms with van der Waals surface area (Å²) in [5.41, 5.74) is 1.92. The van der Waals surface area contributed by atoms with Crippen molar-refractivity contribution in [1.29, 1.82) is 0 Å². The number of carbonyl (C=O) groups excluding carboxylic acids is 2. The Kier molecular flexibility index (Phi) is 6.36. The van der Waals surface area contributed by atoms with Crippen molar-refractivity contribution in [1.82, 2.24) is 15.1 Å². The summed E-state index contributed by atoms with van der Waals surface area (Å²) in [6.07, 6.45) is 1.35. The quantitative estimate of drug-likeness (QED) is 0.794. The molecule has 0 aromatic carbocycles. The van der Waals surface area contributed by atoms with Crippen LogP contribution in [0.15, 0.2) is 17.5 Å². The molecule has 2 aromatic rings. The van der Waals surface area contributed by atoms with Crippen LogP contribution in [0.4, 0.5) is 5.82 Å². The molecule has 0 aliphatic heterocycles. The molecule has 2 heterocycles. The van der Waals surface area contributed by atoms with Gasteiger partial charge in [-0.05, 0) is 37.1 Å². The Balaban J connectivity index is 2.17. The van der Waals surface area contributed by atoms with Gasteiger partial charge in [-0.3, -0.25) is 14.3 Å². The van der Waals surface area contributed by atoms with Crippen molar-refractivity contribution in [3.8, 4) is 0 Å². The molecular formula is C18H26N4O2S. The average Bonchev–Trinajstić information content (AvgIpc) is 3.15. The van der Waals surface area contributed by atoms with Crippen molar-refractivity contribution in [2.24, 2.45) is 13.0 Å². The Labute approximate surface area is 152 Å². The number of rotatable bonds is 7. The molecule has 6 nitrogen and oxygen atoms in total. The number of anilines is 1. The summed E-state index contributed by atoms with van der Waals surface area (Å²) in [5, 5.41) is 12.0. The van der Waals surface area contributed by atoms with E-state index in [4.69, 9.17) is 0 Å². The van der Waals surface area contributed by atoms with Crippen LogP contribution >= 0.6 is 11.3 Å². The highest BCUT2D eigenvalue weighted by Gasteiger charge is 2.25. The van der Waals surface area contributed by atoms with Crippen LogP contribution in [0.3, 0.4) is 0 Å². The zero-order valence-electron chi connectivity index (χ0n) is 15.4. The normalized spacial score (nSPS) is 12.2. The molecule has 2 aromatic heterocycles. The maximum Gasteiger partial charge on any atom is 0.261 e. The Bertz CT molecular complexity index is 735. The van der Waals surface area contributed by atoms with E-state index in [9.17, 15) is 9.59 Å². The minimum absolute atomic E-state index is 0.212. The number of carbonyl (C=O) groups is 2. The predicted octanol–water partition coefficient (Wildman–Crippen LogP) is 3.14. The summed E-state index contributed by atoms with van der Waals surface area (Å²) < 4.78 is 1.68. The van der Waals surface area contributed by atoms with Crippen molar-refractivity contribution in [2.75, 3.05) is 5.32 Å². The maximum atomic E-state index is 12.8. The molecule has 0 radical (unpaired) electrons. The van der Waals surface area contributed by atoms with E-state index >= 15 is 0 Å². The molecule has 136 valence electrons. The molecule has 7 heteroatoms. The zero-order chi connectivity index (χ0) is 18.6. The van der Waals surface area contributed by atoms with Gasteiger partial charge in [-0.1, -0.05) is 26.8 Å². The third-order valence-corrected chi connectivity index (χ3v) is 4.88. The second-order valence-electron chi connectivity index (χ2n) is 6.51. The molecule has 0 fully saturated rings. The van der Waals surface area contributed by atoms with Gasteiger partial charge in [-0.15, -0.1) is 11.3 Å². The van der Waals surface area contributed by atoms with E-state index in [1.165, 1.54) is 11.3 Å². The fourth-order valence-corrected chi connectivity index (χ4v) is 3.45. The zero-order valence-corrected chi connectivity index (χ0v) is 16.2. The van der Waals surface area contributed by atoms with Gasteiger partial charge in [0.1, 0.15) is 11.9 Å². The third-order valence-electron chi connectivity index (χ3n) is 4.02. The topological polar surface area (TPSA) is 76.0 Å². The Hall–Kier alpha value is -2.15. The van der Waals surface area contributed by atoms with Crippen molar-refractivity contribution in [3.05, 3.63) is 33.6 Å². The lowest BCUT2D eigenvalue weighted by atomic mass is 10.0. The molecular weight excluding hydrogens is 336 g/mol. The monoisotopic (exact) mass is 362 g/mol. The van der Waals surface area contributed by atoms with Gasteiger partial charge in [-0.2, -0.15) is 5.10 Å². The summed E-state index contributed by atoms with van der Waals surface area (Å²) in [5.74, 6) is 0.548. The molecule has 0 aliphatic carbocycles. The van der Waals surface area contributed by atoms with Gasteiger partial charge in [0.2, 0.25) is 5.91 Å². The molecule has 2 N–H and O–H groups in total. The molecule has 1 atom stereocenters. The number of thiophene rings is 1. The minimum atomic E-state index is -0.588. The van der Waals surface area contributed by atoms with E-state index in [-0.39, 0.29) is 17.7 Å². The second-order valence-corrected chi connectivity index (χ2v) is 7.46. The number of aryl methyl sites for hydroxylation is 2. The van der Waals surface area contributed by atoms with Gasteiger partial charge in [0.05, 0.1) is 10.6 Å². The van der Waals surface area contributed by atoms with Crippen LogP contribution < -0.4 is 10.6 Å². The van der Waals surface area contributed by atoms with Crippen LogP contribution in [0, 0.1) is 12.8 Å². The van der Waals surface area contributed by atoms with Gasteiger partial charge in [0.25, 0.3) is 5.91 Å². The first-order valence-corrected chi connectivity index (χ1v) is 9.39. The average molecular weight is 362 g/mol. The SMILES string of the molecule is CCc1c(C)nn(C)c1NC(=O)C(CC(C)C)NC(=O)c1cccs1. The van der Waals surface area contributed by atoms with Crippen molar-refractivity contribution in [2.45, 2.75) is 46.6 Å². The number of hydrogen-bond acceptors (Lipinski definition) is 4. The number of amides is 2. The standard InChI is InChI=1S/C18H26N4O2S/c1-6-13-12(4)21-22(5)16(13)20-17(23)14(10-11(2)3)19-18(24)15-8-7-9-25-15/h7-9,11,14H,6,10H2,1-5H3,(H,19,24)(H,20,23). The second kappa shape index (κ2) is 8.29. The molecule has 0 spiro atoms. The van der Waals surface area contributed by atoms with E-state index in [1.807, 2.05) is 46.2 Å². The Morgan fingerprint density at radius 3 is 2.64 bits per heavy atom. The highest BCUT2D eigenvalue weighted by molar-refractivity contribution is 7.12. The van der Waals surface area contributed by atoms with Crippen LogP contribution in [-0.2, 0) is 18.3 Å². The van der Waals surface area contributed by atoms with E-state index in [0.29, 0.717) is 17.1 Å². The van der Waals surface area contributed by atoms with E-state index in [2.05, 4.69) is 15.7 Å². The van der Waals surface area contributed by atoms with Crippen molar-refractivity contribution in [3.63, 3.8) is 0 Å². The number of nitrogens with zero attached hydrogens (tertiary/aromatic N) is 2. The van der Waals surface area contributed by atoms with E-state index < -0.39 is 6.04 Å². The summed E-state index contributed by atoms with van der Waals surface area (Å²) >= 11 is 1.36. The third kappa shape index (κ3) is 4.69. The summed E-state index contributed by atoms with van der Waals surface area (Å²) in [6, 6.07) is 2.99. The maximum absolute atomic E-state index is 12.8. The first-order valence-electron chi connectivity index (χ1n) is 8.51. The number of nitrogens with one attached hydrogen (secondary N) is 2. The predicted molar refractivity (Wildman–Crippen MR) is 101 cm³/mol. The highest BCUT2D eigenvalue weighted by atomic mass is 32.1. The lowest BCUT2D eigenvalue weighted by molar-refractivity contribution is -0.118. The molecule has 2 rings (SSSR count). The number of hydrogen-bond donors (Lipinski definition) is 2. The molecule has 2 amide bonds. The van der Waals surface area contributed by atoms with E-state index in [1.54, 1.807) is 10.7 Å². The Morgan fingerprint density at radius 1 is 1.36 bits per heavy atom. The molecule has 0 saturated carbocycles. The van der Waals surface area contributed by atoms with Gasteiger partial charge in [0.15, 0.2) is 0 Å². The van der Waals surface area contributed by atoms with E-state index in [0.717, 1.165) is 17.7 Å². The molecule has 25 heavy (non-hydrogen) atoms. The van der Waals surface area contributed by atoms with Crippen molar-refractivity contribution < 1.29 is 9.59 Å². The van der Waals surface area contributed by atoms with Crippen LogP contribution in [0.5, 0.6) is 0 Å². The van der Waals surface area contributed by atoms with Gasteiger partial charge >= 0.3 is 0 Å². The van der Waals surface area contributed by atoms with Crippen molar-refractivity contribution >= 4 is 29.0 Å². The Morgan fingerprint density at radius 2 is 2.08 bits per heavy atom. The van der Waals surface area contributed by atoms with Crippen LogP contribution in [0.2, 0.25) is 0 Å². The molecule has 0 saturated heterocycles. The summed E-state index contributed by atoms with van der Waals surface area (Å²) in [6.45, 7) is 8.02. The van der Waals surface area contributed by atoms with Crippen LogP contribution in [-0.4, -0.2) is 27.6 Å². The van der Waals surface area contributed by atoms with Crippen LogP contribution in [0.25, 0.3) is 0 Å². The first kappa shape index (κ1) is 19.2. The highest BCUT2D eigenvalue weighted by Crippen LogP contribution is 2.20. The van der Waals surface area contributed by atoms with Gasteiger partial charge in [0, 0.05) is 12.6 Å². The minimum Gasteiger partial charge on any atom is -0.340 e. The lowest BCUT2D eigenvalue weighted by Crippen LogP contribution is -2.44. The molecule has 1 unspecified atom stereocenters. The number of aromatic nitrogens is 2. The molecule has 0 bridgehead atoms. The fraction of sp³-hybridized carbons (Fsp3) is 0.500. The first-order chi connectivity index (χ1) is 11.8. The lowest BCUT2D eigenvalue weighted by Gasteiger charge is -2.20. The summed E-state index contributed by atoms with van der Waals surface area (Å²) in [4.78, 5) is 25.8. The smallest absolute Gasteiger partial charge is 0.261 e. The molecule has 0 aliphatic rings.